The number of aliphatic hydroxyl groups excluding tert-OH is 1. The molecule has 0 saturated carbocycles. The number of nitrogens with zero attached hydrogens (tertiary/aromatic N) is 6. The zero-order valence-corrected chi connectivity index (χ0v) is 28.1. The van der Waals surface area contributed by atoms with Gasteiger partial charge in [0.1, 0.15) is 17.6 Å². The van der Waals surface area contributed by atoms with Crippen molar-refractivity contribution in [2.45, 2.75) is 57.6 Å². The Labute approximate surface area is 289 Å². The Bertz CT molecular complexity index is 1790. The molecule has 1 unspecified atom stereocenters. The van der Waals surface area contributed by atoms with E-state index in [1.54, 1.807) is 20.4 Å². The molecule has 50 heavy (non-hydrogen) atoms. The minimum atomic E-state index is -4.31. The van der Waals surface area contributed by atoms with Gasteiger partial charge in [-0.3, -0.25) is 4.90 Å². The second-order valence-electron chi connectivity index (χ2n) is 12.4. The summed E-state index contributed by atoms with van der Waals surface area (Å²) in [5.74, 6) is 1.82. The molecule has 2 aromatic heterocycles. The van der Waals surface area contributed by atoms with E-state index in [0.29, 0.717) is 47.3 Å². The van der Waals surface area contributed by atoms with Crippen molar-refractivity contribution in [3.63, 3.8) is 0 Å². The Kier molecular flexibility index (Phi) is 11.0. The Morgan fingerprint density at radius 3 is 2.12 bits per heavy atom. The molecule has 1 aliphatic rings. The summed E-state index contributed by atoms with van der Waals surface area (Å²) < 4.78 is 56.7. The molecule has 1 fully saturated rings. The summed E-state index contributed by atoms with van der Waals surface area (Å²) in [4.78, 5) is 13.8. The summed E-state index contributed by atoms with van der Waals surface area (Å²) in [6.45, 7) is 3.43. The molecule has 1 saturated heterocycles. The normalized spacial score (nSPS) is 14.2. The molecule has 0 spiro atoms. The van der Waals surface area contributed by atoms with Crippen LogP contribution in [0, 0.1) is 0 Å². The molecule has 264 valence electrons. The van der Waals surface area contributed by atoms with Gasteiger partial charge in [-0.05, 0) is 78.9 Å². The fourth-order valence-corrected chi connectivity index (χ4v) is 6.10. The summed E-state index contributed by atoms with van der Waals surface area (Å²) in [6.07, 6.45) is -2.74. The molecule has 13 heteroatoms. The molecule has 0 aliphatic carbocycles. The highest BCUT2D eigenvalue weighted by Crippen LogP contribution is 2.31. The average molecular weight is 691 g/mol. The molecule has 5 aromatic rings. The first-order valence-corrected chi connectivity index (χ1v) is 16.6. The van der Waals surface area contributed by atoms with Gasteiger partial charge >= 0.3 is 12.2 Å². The highest BCUT2D eigenvalue weighted by atomic mass is 19.4. The first-order valence-electron chi connectivity index (χ1n) is 16.6. The fourth-order valence-electron chi connectivity index (χ4n) is 6.10. The van der Waals surface area contributed by atoms with Crippen LogP contribution in [0.3, 0.4) is 0 Å². The minimum absolute atomic E-state index is 0.127. The van der Waals surface area contributed by atoms with Gasteiger partial charge in [-0.1, -0.05) is 48.5 Å². The fraction of sp³-hybridized carbons (Fsp3) is 0.378. The lowest BCUT2D eigenvalue weighted by Gasteiger charge is -2.25. The van der Waals surface area contributed by atoms with Gasteiger partial charge in [0.15, 0.2) is 11.5 Å². The van der Waals surface area contributed by atoms with Crippen molar-refractivity contribution >= 4 is 11.5 Å². The van der Waals surface area contributed by atoms with Gasteiger partial charge in [0.05, 0.1) is 32.7 Å². The minimum Gasteiger partial charge on any atom is -0.497 e. The molecule has 1 N–H and O–H groups in total. The first kappa shape index (κ1) is 35.0. The highest BCUT2D eigenvalue weighted by molar-refractivity contribution is 5.65. The number of fused-ring (bicyclic) bond motifs is 1. The standard InChI is InChI=1S/C37H41F3N6O4/c1-48-30-13-9-26(10-14-30)24-45(25-27-11-15-31(49-2)16-12-27)35-34-41-22-32(46(34)43-36(42-35)50-20-6-17-37(38,39)40)33(47)29-8-5-7-28(21-29)23-44-18-3-4-19-44/h5,7-16,21-22,33,47H,3-4,6,17-20,23-25H2,1-2H3. The van der Waals surface area contributed by atoms with E-state index in [1.165, 1.54) is 17.4 Å². The topological polar surface area (TPSA) is 97.5 Å². The second-order valence-corrected chi connectivity index (χ2v) is 12.4. The zero-order valence-electron chi connectivity index (χ0n) is 28.1. The van der Waals surface area contributed by atoms with Gasteiger partial charge in [0, 0.05) is 26.1 Å². The third kappa shape index (κ3) is 8.82. The number of rotatable bonds is 15. The van der Waals surface area contributed by atoms with Crippen molar-refractivity contribution in [2.75, 3.05) is 38.8 Å². The average Bonchev–Trinajstić information content (AvgIpc) is 3.80. The summed E-state index contributed by atoms with van der Waals surface area (Å²) in [5, 5.41) is 16.3. The number of anilines is 1. The number of hydrogen-bond donors (Lipinski definition) is 1. The number of methoxy groups -OCH3 is 2. The predicted octanol–water partition coefficient (Wildman–Crippen LogP) is 6.75. The van der Waals surface area contributed by atoms with Crippen molar-refractivity contribution < 1.29 is 32.5 Å². The maximum Gasteiger partial charge on any atom is 0.389 e. The Morgan fingerprint density at radius 1 is 0.880 bits per heavy atom. The third-order valence-electron chi connectivity index (χ3n) is 8.70. The van der Waals surface area contributed by atoms with Crippen LogP contribution in [0.4, 0.5) is 19.0 Å². The number of ether oxygens (including phenoxy) is 3. The van der Waals surface area contributed by atoms with Crippen LogP contribution >= 0.6 is 0 Å². The Hall–Kier alpha value is -4.88. The van der Waals surface area contributed by atoms with Gasteiger partial charge in [-0.15, -0.1) is 5.10 Å². The molecule has 3 heterocycles. The van der Waals surface area contributed by atoms with E-state index in [-0.39, 0.29) is 19.0 Å². The van der Waals surface area contributed by atoms with Gasteiger partial charge in [-0.25, -0.2) is 9.50 Å². The van der Waals surface area contributed by atoms with Gasteiger partial charge in [0.25, 0.3) is 0 Å². The van der Waals surface area contributed by atoms with Crippen LogP contribution in [0.25, 0.3) is 5.65 Å². The van der Waals surface area contributed by atoms with E-state index in [2.05, 4.69) is 15.0 Å². The number of likely N-dealkylation sites (tertiary alicyclic amines) is 1. The van der Waals surface area contributed by atoms with Crippen molar-refractivity contribution in [2.24, 2.45) is 0 Å². The largest absolute Gasteiger partial charge is 0.497 e. The molecule has 0 radical (unpaired) electrons. The lowest BCUT2D eigenvalue weighted by atomic mass is 10.0. The van der Waals surface area contributed by atoms with E-state index < -0.39 is 18.7 Å². The quantitative estimate of drug-likeness (QED) is 0.120. The Balaban J connectivity index is 1.39. The van der Waals surface area contributed by atoms with E-state index >= 15 is 0 Å². The van der Waals surface area contributed by atoms with Crippen LogP contribution in [-0.2, 0) is 19.6 Å². The van der Waals surface area contributed by atoms with Crippen LogP contribution in [0.1, 0.15) is 59.7 Å². The lowest BCUT2D eigenvalue weighted by Crippen LogP contribution is -2.25. The molecule has 6 rings (SSSR count). The van der Waals surface area contributed by atoms with E-state index in [9.17, 15) is 18.3 Å². The number of alkyl halides is 3. The predicted molar refractivity (Wildman–Crippen MR) is 182 cm³/mol. The highest BCUT2D eigenvalue weighted by Gasteiger charge is 2.27. The Morgan fingerprint density at radius 2 is 1.52 bits per heavy atom. The van der Waals surface area contributed by atoms with Crippen molar-refractivity contribution in [3.8, 4) is 17.5 Å². The lowest BCUT2D eigenvalue weighted by molar-refractivity contribution is -0.136. The molecule has 0 amide bonds. The van der Waals surface area contributed by atoms with E-state index in [1.807, 2.05) is 77.7 Å². The van der Waals surface area contributed by atoms with Crippen molar-refractivity contribution in [1.82, 2.24) is 24.5 Å². The van der Waals surface area contributed by atoms with E-state index in [4.69, 9.17) is 19.2 Å². The zero-order chi connectivity index (χ0) is 35.1. The van der Waals surface area contributed by atoms with Crippen LogP contribution in [0.15, 0.2) is 79.0 Å². The molecule has 1 atom stereocenters. The molecular formula is C37H41F3N6O4. The van der Waals surface area contributed by atoms with E-state index in [0.717, 1.165) is 36.3 Å². The summed E-state index contributed by atoms with van der Waals surface area (Å²) in [7, 11) is 3.21. The van der Waals surface area contributed by atoms with Gasteiger partial charge in [-0.2, -0.15) is 18.2 Å². The molecule has 10 nitrogen and oxygen atoms in total. The second kappa shape index (κ2) is 15.8. The van der Waals surface area contributed by atoms with Gasteiger partial charge < -0.3 is 24.2 Å². The van der Waals surface area contributed by atoms with Crippen LogP contribution < -0.4 is 19.1 Å². The number of aliphatic hydroxyl groups is 1. The maximum absolute atomic E-state index is 12.9. The van der Waals surface area contributed by atoms with Crippen LogP contribution in [0.2, 0.25) is 0 Å². The van der Waals surface area contributed by atoms with Gasteiger partial charge in [0.2, 0.25) is 0 Å². The van der Waals surface area contributed by atoms with Crippen LogP contribution in [0.5, 0.6) is 17.5 Å². The summed E-state index contributed by atoms with van der Waals surface area (Å²) >= 11 is 0. The maximum atomic E-state index is 12.9. The number of aromatic nitrogens is 4. The number of halogens is 3. The number of hydrogen-bond acceptors (Lipinski definition) is 9. The molecule has 0 bridgehead atoms. The summed E-state index contributed by atoms with van der Waals surface area (Å²) in [6, 6.07) is 22.9. The molecule has 1 aliphatic heterocycles. The van der Waals surface area contributed by atoms with Crippen molar-refractivity contribution in [1.29, 1.82) is 0 Å². The molecular weight excluding hydrogens is 649 g/mol. The third-order valence-corrected chi connectivity index (χ3v) is 8.70. The van der Waals surface area contributed by atoms with Crippen molar-refractivity contribution in [3.05, 3.63) is 107 Å². The molecule has 3 aromatic carbocycles. The SMILES string of the molecule is COc1ccc(CN(Cc2ccc(OC)cc2)c2nc(OCCCC(F)(F)F)nn3c(C(O)c4cccc(CN5CCCC5)c4)cnc23)cc1. The number of imidazole rings is 1. The first-order chi connectivity index (χ1) is 24.2. The number of benzene rings is 3. The monoisotopic (exact) mass is 690 g/mol. The smallest absolute Gasteiger partial charge is 0.389 e. The summed E-state index contributed by atoms with van der Waals surface area (Å²) in [5.41, 5.74) is 4.39. The van der Waals surface area contributed by atoms with Crippen LogP contribution in [-0.4, -0.2) is 69.7 Å².